The summed E-state index contributed by atoms with van der Waals surface area (Å²) in [6.45, 7) is 6.14. The van der Waals surface area contributed by atoms with Crippen LogP contribution in [0.1, 0.15) is 45.3 Å². The van der Waals surface area contributed by atoms with Crippen LogP contribution in [0.3, 0.4) is 0 Å². The van der Waals surface area contributed by atoms with Gasteiger partial charge in [0.2, 0.25) is 0 Å². The number of carbonyl (C=O) groups is 1. The van der Waals surface area contributed by atoms with Crippen LogP contribution in [0.15, 0.2) is 12.5 Å². The fraction of sp³-hybridized carbons (Fsp3) is 0.692. The standard InChI is InChI=1S/C13H21N3O2/c1-13(2,3)18-12(17)15-7-6-11-8-14-9-16(11)10-4-5-10/h8-10H,4-7H2,1-3H3,(H,15,17). The van der Waals surface area contributed by atoms with Crippen molar-refractivity contribution in [2.45, 2.75) is 51.7 Å². The number of carbonyl (C=O) groups excluding carboxylic acids is 1. The molecule has 0 aromatic carbocycles. The second-order valence-corrected chi connectivity index (χ2v) is 5.70. The molecule has 1 fully saturated rings. The lowest BCUT2D eigenvalue weighted by Crippen LogP contribution is -2.33. The van der Waals surface area contributed by atoms with E-state index in [1.54, 1.807) is 0 Å². The van der Waals surface area contributed by atoms with Gasteiger partial charge in [0, 0.05) is 30.9 Å². The molecule has 100 valence electrons. The highest BCUT2D eigenvalue weighted by molar-refractivity contribution is 5.67. The Morgan fingerprint density at radius 1 is 1.56 bits per heavy atom. The highest BCUT2D eigenvalue weighted by Gasteiger charge is 2.25. The Hall–Kier alpha value is -1.52. The molecule has 0 radical (unpaired) electrons. The first kappa shape index (κ1) is 12.9. The number of ether oxygens (including phenoxy) is 1. The molecular formula is C13H21N3O2. The van der Waals surface area contributed by atoms with Gasteiger partial charge in [-0.2, -0.15) is 0 Å². The molecule has 1 aliphatic rings. The van der Waals surface area contributed by atoms with E-state index in [2.05, 4.69) is 14.9 Å². The zero-order chi connectivity index (χ0) is 13.2. The monoisotopic (exact) mass is 251 g/mol. The summed E-state index contributed by atoms with van der Waals surface area (Å²) >= 11 is 0. The molecule has 1 saturated carbocycles. The van der Waals surface area contributed by atoms with Crippen LogP contribution in [0.2, 0.25) is 0 Å². The van der Waals surface area contributed by atoms with Gasteiger partial charge in [0.15, 0.2) is 0 Å². The molecule has 2 rings (SSSR count). The third kappa shape index (κ3) is 3.75. The summed E-state index contributed by atoms with van der Waals surface area (Å²) in [5.41, 5.74) is 0.730. The summed E-state index contributed by atoms with van der Waals surface area (Å²) in [6, 6.07) is 0.629. The van der Waals surface area contributed by atoms with Crippen LogP contribution in [-0.4, -0.2) is 27.8 Å². The van der Waals surface area contributed by atoms with Crippen LogP contribution < -0.4 is 5.32 Å². The average molecular weight is 251 g/mol. The lowest BCUT2D eigenvalue weighted by atomic mass is 10.2. The highest BCUT2D eigenvalue weighted by atomic mass is 16.6. The van der Waals surface area contributed by atoms with Crippen molar-refractivity contribution in [3.05, 3.63) is 18.2 Å². The number of nitrogens with one attached hydrogen (secondary N) is 1. The Kier molecular flexibility index (Phi) is 3.59. The highest BCUT2D eigenvalue weighted by Crippen LogP contribution is 2.35. The van der Waals surface area contributed by atoms with E-state index in [1.165, 1.54) is 18.5 Å². The molecule has 1 aromatic heterocycles. The minimum atomic E-state index is -0.445. The molecule has 1 aliphatic carbocycles. The normalized spacial score (nSPS) is 15.5. The number of imidazole rings is 1. The van der Waals surface area contributed by atoms with Crippen molar-refractivity contribution >= 4 is 6.09 Å². The lowest BCUT2D eigenvalue weighted by Gasteiger charge is -2.19. The van der Waals surface area contributed by atoms with Gasteiger partial charge in [0.05, 0.1) is 6.33 Å². The van der Waals surface area contributed by atoms with Crippen molar-refractivity contribution in [1.82, 2.24) is 14.9 Å². The lowest BCUT2D eigenvalue weighted by molar-refractivity contribution is 0.0528. The maximum absolute atomic E-state index is 11.5. The van der Waals surface area contributed by atoms with Gasteiger partial charge in [-0.05, 0) is 33.6 Å². The molecule has 5 heteroatoms. The molecule has 0 bridgehead atoms. The first-order valence-electron chi connectivity index (χ1n) is 6.43. The first-order valence-corrected chi connectivity index (χ1v) is 6.43. The van der Waals surface area contributed by atoms with Crippen molar-refractivity contribution in [3.8, 4) is 0 Å². The van der Waals surface area contributed by atoms with Gasteiger partial charge in [-0.15, -0.1) is 0 Å². The molecule has 0 atom stereocenters. The molecule has 0 spiro atoms. The quantitative estimate of drug-likeness (QED) is 0.893. The Morgan fingerprint density at radius 2 is 2.28 bits per heavy atom. The third-order valence-corrected chi connectivity index (χ3v) is 2.74. The Bertz CT molecular complexity index is 416. The van der Waals surface area contributed by atoms with Crippen molar-refractivity contribution in [3.63, 3.8) is 0 Å². The van der Waals surface area contributed by atoms with E-state index in [1.807, 2.05) is 33.3 Å². The number of amides is 1. The Morgan fingerprint density at radius 3 is 2.89 bits per heavy atom. The van der Waals surface area contributed by atoms with Crippen LogP contribution in [0, 0.1) is 0 Å². The number of nitrogens with zero attached hydrogens (tertiary/aromatic N) is 2. The Balaban J connectivity index is 1.75. The third-order valence-electron chi connectivity index (χ3n) is 2.74. The van der Waals surface area contributed by atoms with Gasteiger partial charge in [-0.1, -0.05) is 0 Å². The van der Waals surface area contributed by atoms with Crippen LogP contribution in [-0.2, 0) is 11.2 Å². The summed E-state index contributed by atoms with van der Waals surface area (Å²) < 4.78 is 7.38. The summed E-state index contributed by atoms with van der Waals surface area (Å²) in [6.07, 6.45) is 6.65. The van der Waals surface area contributed by atoms with Crippen molar-refractivity contribution in [2.75, 3.05) is 6.54 Å². The molecule has 0 aliphatic heterocycles. The number of aromatic nitrogens is 2. The van der Waals surface area contributed by atoms with E-state index in [4.69, 9.17) is 4.74 Å². The molecule has 1 aromatic rings. The fourth-order valence-electron chi connectivity index (χ4n) is 1.81. The van der Waals surface area contributed by atoms with Crippen molar-refractivity contribution < 1.29 is 9.53 Å². The van der Waals surface area contributed by atoms with E-state index in [9.17, 15) is 4.79 Å². The minimum absolute atomic E-state index is 0.361. The van der Waals surface area contributed by atoms with Crippen molar-refractivity contribution in [1.29, 1.82) is 0 Å². The number of hydrogen-bond acceptors (Lipinski definition) is 3. The van der Waals surface area contributed by atoms with Gasteiger partial charge in [0.1, 0.15) is 5.60 Å². The topological polar surface area (TPSA) is 56.1 Å². The molecule has 0 unspecified atom stereocenters. The molecule has 1 amide bonds. The second kappa shape index (κ2) is 5.00. The average Bonchev–Trinajstić information content (AvgIpc) is 2.97. The van der Waals surface area contributed by atoms with E-state index in [-0.39, 0.29) is 6.09 Å². The molecule has 1 N–H and O–H groups in total. The maximum atomic E-state index is 11.5. The molecule has 0 saturated heterocycles. The van der Waals surface area contributed by atoms with Gasteiger partial charge in [-0.25, -0.2) is 9.78 Å². The van der Waals surface area contributed by atoms with E-state index < -0.39 is 5.60 Å². The summed E-state index contributed by atoms with van der Waals surface area (Å²) in [4.78, 5) is 15.6. The summed E-state index contributed by atoms with van der Waals surface area (Å²) in [7, 11) is 0. The number of rotatable bonds is 4. The predicted molar refractivity (Wildman–Crippen MR) is 68.4 cm³/mol. The van der Waals surface area contributed by atoms with E-state index >= 15 is 0 Å². The zero-order valence-electron chi connectivity index (χ0n) is 11.3. The van der Waals surface area contributed by atoms with Crippen LogP contribution >= 0.6 is 0 Å². The van der Waals surface area contributed by atoms with Gasteiger partial charge in [0.25, 0.3) is 0 Å². The van der Waals surface area contributed by atoms with Gasteiger partial charge in [-0.3, -0.25) is 0 Å². The van der Waals surface area contributed by atoms with E-state index in [0.29, 0.717) is 12.6 Å². The van der Waals surface area contributed by atoms with Crippen LogP contribution in [0.25, 0.3) is 0 Å². The van der Waals surface area contributed by atoms with Gasteiger partial charge < -0.3 is 14.6 Å². The summed E-state index contributed by atoms with van der Waals surface area (Å²) in [5.74, 6) is 0. The minimum Gasteiger partial charge on any atom is -0.444 e. The van der Waals surface area contributed by atoms with Crippen LogP contribution in [0.4, 0.5) is 4.79 Å². The van der Waals surface area contributed by atoms with E-state index in [0.717, 1.165) is 6.42 Å². The van der Waals surface area contributed by atoms with Crippen LogP contribution in [0.5, 0.6) is 0 Å². The number of alkyl carbamates (subject to hydrolysis) is 1. The fourth-order valence-corrected chi connectivity index (χ4v) is 1.81. The SMILES string of the molecule is CC(C)(C)OC(=O)NCCc1cncn1C1CC1. The predicted octanol–water partition coefficient (Wildman–Crippen LogP) is 2.29. The van der Waals surface area contributed by atoms with Crippen molar-refractivity contribution in [2.24, 2.45) is 0 Å². The molecular weight excluding hydrogens is 230 g/mol. The van der Waals surface area contributed by atoms with Gasteiger partial charge >= 0.3 is 6.09 Å². The number of hydrogen-bond donors (Lipinski definition) is 1. The molecule has 18 heavy (non-hydrogen) atoms. The summed E-state index contributed by atoms with van der Waals surface area (Å²) in [5, 5.41) is 2.76. The maximum Gasteiger partial charge on any atom is 0.407 e. The first-order chi connectivity index (χ1) is 8.46. The molecule has 5 nitrogen and oxygen atoms in total. The second-order valence-electron chi connectivity index (χ2n) is 5.70. The largest absolute Gasteiger partial charge is 0.444 e. The zero-order valence-corrected chi connectivity index (χ0v) is 11.3. The molecule has 1 heterocycles. The Labute approximate surface area is 108 Å². The smallest absolute Gasteiger partial charge is 0.407 e.